The van der Waals surface area contributed by atoms with Crippen molar-refractivity contribution in [3.05, 3.63) is 41.6 Å². The number of hydrogen-bond acceptors (Lipinski definition) is 3. The first-order chi connectivity index (χ1) is 10.9. The van der Waals surface area contributed by atoms with Crippen LogP contribution in [0.4, 0.5) is 5.69 Å². The van der Waals surface area contributed by atoms with Crippen molar-refractivity contribution in [2.24, 2.45) is 0 Å². The van der Waals surface area contributed by atoms with Crippen LogP contribution in [0.3, 0.4) is 0 Å². The summed E-state index contributed by atoms with van der Waals surface area (Å²) >= 11 is 0. The molecule has 0 radical (unpaired) electrons. The third kappa shape index (κ3) is 3.72. The van der Waals surface area contributed by atoms with Crippen molar-refractivity contribution in [1.29, 1.82) is 0 Å². The van der Waals surface area contributed by atoms with Crippen LogP contribution in [0.15, 0.2) is 30.5 Å². The summed E-state index contributed by atoms with van der Waals surface area (Å²) in [5.74, 6) is 0.332. The van der Waals surface area contributed by atoms with E-state index in [1.165, 1.54) is 5.56 Å². The smallest absolute Gasteiger partial charge is 0.128 e. The molecule has 0 saturated carbocycles. The van der Waals surface area contributed by atoms with Crippen molar-refractivity contribution in [2.75, 3.05) is 19.0 Å². The minimum absolute atomic E-state index is 0.00160. The van der Waals surface area contributed by atoms with Gasteiger partial charge in [-0.1, -0.05) is 47.6 Å². The molecule has 0 bridgehead atoms. The molecule has 2 rings (SSSR count). The first-order valence-electron chi connectivity index (χ1n) is 8.43. The van der Waals surface area contributed by atoms with Crippen molar-refractivity contribution in [1.82, 2.24) is 4.98 Å². The summed E-state index contributed by atoms with van der Waals surface area (Å²) in [4.78, 5) is 6.55. The Morgan fingerprint density at radius 3 is 2.04 bits per heavy atom. The highest BCUT2D eigenvalue weighted by molar-refractivity contribution is 5.73. The van der Waals surface area contributed by atoms with E-state index >= 15 is 0 Å². The monoisotopic (exact) mass is 326 g/mol. The minimum atomic E-state index is -0.140. The number of anilines is 1. The molecule has 3 heteroatoms. The van der Waals surface area contributed by atoms with Crippen molar-refractivity contribution in [2.45, 2.75) is 52.4 Å². The van der Waals surface area contributed by atoms with Crippen molar-refractivity contribution in [3.8, 4) is 17.0 Å². The first kappa shape index (κ1) is 18.3. The molecule has 0 aliphatic carbocycles. The molecule has 1 aromatic heterocycles. The summed E-state index contributed by atoms with van der Waals surface area (Å²) in [6.45, 7) is 13.0. The highest BCUT2D eigenvalue weighted by Crippen LogP contribution is 2.41. The lowest BCUT2D eigenvalue weighted by molar-refractivity contribution is 0.446. The maximum Gasteiger partial charge on any atom is 0.128 e. The summed E-state index contributed by atoms with van der Waals surface area (Å²) in [6, 6.07) is 8.20. The molecular weight excluding hydrogens is 296 g/mol. The number of hydrogen-bond donors (Lipinski definition) is 1. The van der Waals surface area contributed by atoms with Crippen LogP contribution in [-0.4, -0.2) is 24.2 Å². The quantitative estimate of drug-likeness (QED) is 0.832. The van der Waals surface area contributed by atoms with Gasteiger partial charge in [-0.15, -0.1) is 0 Å². The third-order valence-corrected chi connectivity index (χ3v) is 4.32. The number of aromatic nitrogens is 1. The molecule has 0 aliphatic rings. The van der Waals surface area contributed by atoms with E-state index in [4.69, 9.17) is 0 Å². The minimum Gasteiger partial charge on any atom is -0.507 e. The number of aromatic hydroxyl groups is 1. The van der Waals surface area contributed by atoms with E-state index in [2.05, 4.69) is 58.7 Å². The molecule has 1 N–H and O–H groups in total. The Morgan fingerprint density at radius 1 is 0.917 bits per heavy atom. The second-order valence-corrected chi connectivity index (χ2v) is 8.71. The lowest BCUT2D eigenvalue weighted by Gasteiger charge is -2.27. The molecule has 3 nitrogen and oxygen atoms in total. The molecule has 0 atom stereocenters. The van der Waals surface area contributed by atoms with E-state index in [0.29, 0.717) is 5.75 Å². The normalized spacial score (nSPS) is 12.3. The Hall–Kier alpha value is -2.03. The summed E-state index contributed by atoms with van der Waals surface area (Å²) in [5.41, 5.74) is 4.70. The highest BCUT2D eigenvalue weighted by atomic mass is 16.3. The van der Waals surface area contributed by atoms with Gasteiger partial charge in [0.1, 0.15) is 5.75 Å². The van der Waals surface area contributed by atoms with Crippen LogP contribution in [0.1, 0.15) is 52.7 Å². The maximum absolute atomic E-state index is 10.9. The van der Waals surface area contributed by atoms with Gasteiger partial charge in [0, 0.05) is 37.1 Å². The van der Waals surface area contributed by atoms with Gasteiger partial charge in [-0.2, -0.15) is 0 Å². The second-order valence-electron chi connectivity index (χ2n) is 8.71. The van der Waals surface area contributed by atoms with Gasteiger partial charge in [-0.3, -0.25) is 4.98 Å². The van der Waals surface area contributed by atoms with Gasteiger partial charge in [0.15, 0.2) is 0 Å². The summed E-state index contributed by atoms with van der Waals surface area (Å²) in [6.07, 6.45) is 1.80. The van der Waals surface area contributed by atoms with Crippen LogP contribution in [-0.2, 0) is 10.8 Å². The summed E-state index contributed by atoms with van der Waals surface area (Å²) in [7, 11) is 4.01. The van der Waals surface area contributed by atoms with Crippen LogP contribution in [0.2, 0.25) is 0 Å². The lowest BCUT2D eigenvalue weighted by Crippen LogP contribution is -2.17. The Kier molecular flexibility index (Phi) is 4.67. The number of phenols is 1. The SMILES string of the molecule is CN(C)c1ccnc(-c2cc(C(C)(C)C)cc(C(C)(C)C)c2O)c1. The highest BCUT2D eigenvalue weighted by Gasteiger charge is 2.25. The van der Waals surface area contributed by atoms with E-state index in [-0.39, 0.29) is 10.8 Å². The van der Waals surface area contributed by atoms with Gasteiger partial charge in [-0.05, 0) is 34.6 Å². The van der Waals surface area contributed by atoms with E-state index < -0.39 is 0 Å². The topological polar surface area (TPSA) is 36.4 Å². The molecule has 1 aromatic carbocycles. The lowest BCUT2D eigenvalue weighted by atomic mass is 9.78. The predicted molar refractivity (Wildman–Crippen MR) is 103 cm³/mol. The number of rotatable bonds is 2. The fourth-order valence-electron chi connectivity index (χ4n) is 2.68. The molecule has 0 unspecified atom stereocenters. The average molecular weight is 326 g/mol. The van der Waals surface area contributed by atoms with Crippen LogP contribution in [0.25, 0.3) is 11.3 Å². The van der Waals surface area contributed by atoms with E-state index in [0.717, 1.165) is 22.5 Å². The van der Waals surface area contributed by atoms with Crippen LogP contribution in [0, 0.1) is 0 Å². The molecule has 24 heavy (non-hydrogen) atoms. The third-order valence-electron chi connectivity index (χ3n) is 4.32. The number of phenolic OH excluding ortho intramolecular Hbond substituents is 1. The molecular formula is C21H30N2O. The predicted octanol–water partition coefficient (Wildman–Crippen LogP) is 5.12. The van der Waals surface area contributed by atoms with Crippen molar-refractivity contribution in [3.63, 3.8) is 0 Å². The molecule has 0 amide bonds. The molecule has 2 aromatic rings. The molecule has 0 spiro atoms. The number of pyridine rings is 1. The summed E-state index contributed by atoms with van der Waals surface area (Å²) in [5, 5.41) is 10.9. The summed E-state index contributed by atoms with van der Waals surface area (Å²) < 4.78 is 0. The van der Waals surface area contributed by atoms with Gasteiger partial charge in [-0.25, -0.2) is 0 Å². The Bertz CT molecular complexity index is 734. The second kappa shape index (κ2) is 6.12. The van der Waals surface area contributed by atoms with E-state index in [1.54, 1.807) is 6.20 Å². The van der Waals surface area contributed by atoms with Crippen LogP contribution < -0.4 is 4.90 Å². The molecule has 1 heterocycles. The number of benzene rings is 1. The van der Waals surface area contributed by atoms with Gasteiger partial charge in [0.05, 0.1) is 5.69 Å². The molecule has 0 fully saturated rings. The molecule has 130 valence electrons. The Labute approximate surface area is 146 Å². The fourth-order valence-corrected chi connectivity index (χ4v) is 2.68. The molecule has 0 saturated heterocycles. The Morgan fingerprint density at radius 2 is 1.54 bits per heavy atom. The van der Waals surface area contributed by atoms with Crippen LogP contribution >= 0.6 is 0 Å². The van der Waals surface area contributed by atoms with Crippen molar-refractivity contribution < 1.29 is 5.11 Å². The fraction of sp³-hybridized carbons (Fsp3) is 0.476. The van der Waals surface area contributed by atoms with Gasteiger partial charge < -0.3 is 10.0 Å². The number of nitrogens with zero attached hydrogens (tertiary/aromatic N) is 2. The van der Waals surface area contributed by atoms with Crippen molar-refractivity contribution >= 4 is 5.69 Å². The van der Waals surface area contributed by atoms with E-state index in [1.807, 2.05) is 31.1 Å². The van der Waals surface area contributed by atoms with Gasteiger partial charge >= 0.3 is 0 Å². The Balaban J connectivity index is 2.76. The molecule has 0 aliphatic heterocycles. The zero-order valence-electron chi connectivity index (χ0n) is 16.2. The first-order valence-corrected chi connectivity index (χ1v) is 8.43. The van der Waals surface area contributed by atoms with E-state index in [9.17, 15) is 5.11 Å². The zero-order valence-corrected chi connectivity index (χ0v) is 16.2. The van der Waals surface area contributed by atoms with Gasteiger partial charge in [0.25, 0.3) is 0 Å². The van der Waals surface area contributed by atoms with Gasteiger partial charge in [0.2, 0.25) is 0 Å². The maximum atomic E-state index is 10.9. The van der Waals surface area contributed by atoms with Crippen LogP contribution in [0.5, 0.6) is 5.75 Å². The zero-order chi connectivity index (χ0) is 18.3. The standard InChI is InChI=1S/C21H30N2O/c1-20(2,3)14-11-16(19(24)17(12-14)21(4,5)6)18-13-15(23(7)8)9-10-22-18/h9-13,24H,1-8H3. The largest absolute Gasteiger partial charge is 0.507 e. The average Bonchev–Trinajstić information content (AvgIpc) is 2.45.